The van der Waals surface area contributed by atoms with Crippen molar-refractivity contribution < 1.29 is 19.1 Å². The SMILES string of the molecule is CN(C)C(Nc1cccnc1)=C1C(=O)OC(C)(C)OC1=O. The van der Waals surface area contributed by atoms with Gasteiger partial charge in [0, 0.05) is 34.1 Å². The first-order valence-electron chi connectivity index (χ1n) is 6.35. The van der Waals surface area contributed by atoms with Crippen molar-refractivity contribution in [3.8, 4) is 0 Å². The second-order valence-electron chi connectivity index (χ2n) is 5.16. The maximum atomic E-state index is 12.1. The van der Waals surface area contributed by atoms with Gasteiger partial charge in [0.2, 0.25) is 0 Å². The van der Waals surface area contributed by atoms with E-state index in [1.165, 1.54) is 13.8 Å². The van der Waals surface area contributed by atoms with E-state index in [9.17, 15) is 9.59 Å². The highest BCUT2D eigenvalue weighted by Gasteiger charge is 2.41. The summed E-state index contributed by atoms with van der Waals surface area (Å²) in [4.78, 5) is 29.8. The van der Waals surface area contributed by atoms with Gasteiger partial charge in [-0.1, -0.05) is 0 Å². The van der Waals surface area contributed by atoms with Crippen LogP contribution in [0.2, 0.25) is 0 Å². The number of pyridine rings is 1. The summed E-state index contributed by atoms with van der Waals surface area (Å²) in [7, 11) is 3.40. The van der Waals surface area contributed by atoms with E-state index in [4.69, 9.17) is 9.47 Å². The molecule has 0 saturated carbocycles. The Labute approximate surface area is 122 Å². The van der Waals surface area contributed by atoms with Crippen LogP contribution in [0.5, 0.6) is 0 Å². The van der Waals surface area contributed by atoms with Gasteiger partial charge in [0.15, 0.2) is 5.57 Å². The lowest BCUT2D eigenvalue weighted by Gasteiger charge is -2.32. The first-order valence-corrected chi connectivity index (χ1v) is 6.35. The Morgan fingerprint density at radius 1 is 1.24 bits per heavy atom. The molecule has 1 aromatic heterocycles. The molecule has 1 aromatic rings. The molecule has 0 aliphatic carbocycles. The molecule has 0 radical (unpaired) electrons. The number of hydrogen-bond donors (Lipinski definition) is 1. The Bertz CT molecular complexity index is 571. The van der Waals surface area contributed by atoms with E-state index in [-0.39, 0.29) is 11.4 Å². The molecule has 0 bridgehead atoms. The predicted molar refractivity (Wildman–Crippen MR) is 74.8 cm³/mol. The molecule has 1 saturated heterocycles. The number of carbonyl (C=O) groups excluding carboxylic acids is 2. The normalized spacial score (nSPS) is 16.9. The fourth-order valence-electron chi connectivity index (χ4n) is 1.82. The van der Waals surface area contributed by atoms with Crippen molar-refractivity contribution in [3.63, 3.8) is 0 Å². The van der Waals surface area contributed by atoms with E-state index in [1.54, 1.807) is 43.5 Å². The van der Waals surface area contributed by atoms with E-state index in [2.05, 4.69) is 10.3 Å². The Morgan fingerprint density at radius 2 is 1.86 bits per heavy atom. The summed E-state index contributed by atoms with van der Waals surface area (Å²) in [5.41, 5.74) is 0.460. The fraction of sp³-hybridized carbons (Fsp3) is 0.357. The second-order valence-corrected chi connectivity index (χ2v) is 5.16. The van der Waals surface area contributed by atoms with E-state index >= 15 is 0 Å². The zero-order chi connectivity index (χ0) is 15.6. The molecule has 7 heteroatoms. The number of carbonyl (C=O) groups is 2. The third-order valence-corrected chi connectivity index (χ3v) is 2.69. The molecule has 2 rings (SSSR count). The minimum Gasteiger partial charge on any atom is -0.419 e. The molecule has 1 aliphatic rings. The lowest BCUT2D eigenvalue weighted by Crippen LogP contribution is -2.44. The van der Waals surface area contributed by atoms with Gasteiger partial charge in [0.05, 0.1) is 11.9 Å². The summed E-state index contributed by atoms with van der Waals surface area (Å²) in [5.74, 6) is -2.43. The molecule has 7 nitrogen and oxygen atoms in total. The molecule has 112 valence electrons. The van der Waals surface area contributed by atoms with Crippen LogP contribution < -0.4 is 5.32 Å². The Hall–Kier alpha value is -2.57. The number of anilines is 1. The molecule has 0 amide bonds. The highest BCUT2D eigenvalue weighted by molar-refractivity contribution is 6.16. The molecule has 0 unspecified atom stereocenters. The summed E-state index contributed by atoms with van der Waals surface area (Å²) in [5, 5.41) is 2.98. The van der Waals surface area contributed by atoms with Crippen LogP contribution in [-0.4, -0.2) is 41.7 Å². The molecule has 0 aromatic carbocycles. The summed E-state index contributed by atoms with van der Waals surface area (Å²) in [6.45, 7) is 3.01. The highest BCUT2D eigenvalue weighted by Crippen LogP contribution is 2.25. The van der Waals surface area contributed by atoms with Gasteiger partial charge in [0.25, 0.3) is 5.79 Å². The lowest BCUT2D eigenvalue weighted by molar-refractivity contribution is -0.222. The van der Waals surface area contributed by atoms with Crippen LogP contribution in [0.1, 0.15) is 13.8 Å². The zero-order valence-corrected chi connectivity index (χ0v) is 12.3. The number of rotatable bonds is 3. The maximum absolute atomic E-state index is 12.1. The Kier molecular flexibility index (Phi) is 3.84. The second kappa shape index (κ2) is 5.43. The number of cyclic esters (lactones) is 2. The predicted octanol–water partition coefficient (Wildman–Crippen LogP) is 1.10. The van der Waals surface area contributed by atoms with Crippen LogP contribution in [0.3, 0.4) is 0 Å². The van der Waals surface area contributed by atoms with E-state index < -0.39 is 17.7 Å². The lowest BCUT2D eigenvalue weighted by atomic mass is 10.2. The molecule has 21 heavy (non-hydrogen) atoms. The number of esters is 2. The van der Waals surface area contributed by atoms with Gasteiger partial charge in [-0.15, -0.1) is 0 Å². The third-order valence-electron chi connectivity index (χ3n) is 2.69. The fourth-order valence-corrected chi connectivity index (χ4v) is 1.82. The van der Waals surface area contributed by atoms with Crippen LogP contribution in [0.15, 0.2) is 35.9 Å². The van der Waals surface area contributed by atoms with Crippen molar-refractivity contribution in [1.29, 1.82) is 0 Å². The quantitative estimate of drug-likeness (QED) is 0.507. The summed E-state index contributed by atoms with van der Waals surface area (Å²) >= 11 is 0. The van der Waals surface area contributed by atoms with Gasteiger partial charge in [-0.25, -0.2) is 9.59 Å². The Balaban J connectivity index is 2.40. The molecule has 1 aliphatic heterocycles. The zero-order valence-electron chi connectivity index (χ0n) is 12.3. The largest absolute Gasteiger partial charge is 0.419 e. The monoisotopic (exact) mass is 291 g/mol. The van der Waals surface area contributed by atoms with Crippen molar-refractivity contribution in [2.45, 2.75) is 19.6 Å². The van der Waals surface area contributed by atoms with Crippen LogP contribution >= 0.6 is 0 Å². The third kappa shape index (κ3) is 3.31. The van der Waals surface area contributed by atoms with Gasteiger partial charge in [-0.3, -0.25) is 4.98 Å². The summed E-state index contributed by atoms with van der Waals surface area (Å²) < 4.78 is 10.2. The topological polar surface area (TPSA) is 80.8 Å². The van der Waals surface area contributed by atoms with Crippen LogP contribution in [-0.2, 0) is 19.1 Å². The minimum atomic E-state index is -1.26. The smallest absolute Gasteiger partial charge is 0.352 e. The number of nitrogens with one attached hydrogen (secondary N) is 1. The van der Waals surface area contributed by atoms with Gasteiger partial charge < -0.3 is 19.7 Å². The van der Waals surface area contributed by atoms with Crippen LogP contribution in [0.4, 0.5) is 5.69 Å². The molecule has 1 fully saturated rings. The van der Waals surface area contributed by atoms with Crippen LogP contribution in [0, 0.1) is 0 Å². The van der Waals surface area contributed by atoms with Crippen molar-refractivity contribution in [1.82, 2.24) is 9.88 Å². The van der Waals surface area contributed by atoms with Gasteiger partial charge in [-0.05, 0) is 12.1 Å². The van der Waals surface area contributed by atoms with Gasteiger partial charge in [0.1, 0.15) is 5.82 Å². The molecular weight excluding hydrogens is 274 g/mol. The summed E-state index contributed by atoms with van der Waals surface area (Å²) in [6.07, 6.45) is 3.20. The van der Waals surface area contributed by atoms with Crippen molar-refractivity contribution >= 4 is 17.6 Å². The van der Waals surface area contributed by atoms with Crippen molar-refractivity contribution in [3.05, 3.63) is 35.9 Å². The van der Waals surface area contributed by atoms with Crippen LogP contribution in [0.25, 0.3) is 0 Å². The molecular formula is C14H17N3O4. The standard InChI is InChI=1S/C14H17N3O4/c1-14(2)20-12(18)10(13(19)21-14)11(17(3)4)16-9-6-5-7-15-8-9/h5-8,16H,1-4H3. The van der Waals surface area contributed by atoms with Crippen molar-refractivity contribution in [2.24, 2.45) is 0 Å². The number of hydrogen-bond acceptors (Lipinski definition) is 7. The average Bonchev–Trinajstić information content (AvgIpc) is 2.36. The van der Waals surface area contributed by atoms with E-state index in [0.29, 0.717) is 5.69 Å². The Morgan fingerprint density at radius 3 is 2.33 bits per heavy atom. The average molecular weight is 291 g/mol. The molecule has 0 atom stereocenters. The van der Waals surface area contributed by atoms with Crippen molar-refractivity contribution in [2.75, 3.05) is 19.4 Å². The molecule has 0 spiro atoms. The number of ether oxygens (including phenoxy) is 2. The minimum absolute atomic E-state index is 0.178. The first-order chi connectivity index (χ1) is 9.80. The highest BCUT2D eigenvalue weighted by atomic mass is 16.7. The van der Waals surface area contributed by atoms with E-state index in [0.717, 1.165) is 0 Å². The first kappa shape index (κ1) is 14.8. The molecule has 1 N–H and O–H groups in total. The van der Waals surface area contributed by atoms with Gasteiger partial charge >= 0.3 is 11.9 Å². The summed E-state index contributed by atoms with van der Waals surface area (Å²) in [6, 6.07) is 3.50. The molecule has 2 heterocycles. The van der Waals surface area contributed by atoms with Gasteiger partial charge in [-0.2, -0.15) is 0 Å². The number of nitrogens with zero attached hydrogens (tertiary/aromatic N) is 2. The number of aromatic nitrogens is 1. The maximum Gasteiger partial charge on any atom is 0.352 e. The van der Waals surface area contributed by atoms with E-state index in [1.807, 2.05) is 0 Å².